The van der Waals surface area contributed by atoms with Gasteiger partial charge in [0.2, 0.25) is 0 Å². The van der Waals surface area contributed by atoms with Crippen LogP contribution in [0.15, 0.2) is 0 Å². The molecule has 1 fully saturated rings. The Hall–Kier alpha value is -0.620. The maximum Gasteiger partial charge on any atom is 0.306 e. The molecule has 0 saturated heterocycles. The second-order valence-corrected chi connectivity index (χ2v) is 9.49. The van der Waals surface area contributed by atoms with Gasteiger partial charge in [-0.2, -0.15) is 0 Å². The summed E-state index contributed by atoms with van der Waals surface area (Å²) in [5.41, 5.74) is 0. The second-order valence-electron chi connectivity index (χ2n) is 6.62. The monoisotopic (exact) mass is 305 g/mol. The van der Waals surface area contributed by atoms with E-state index < -0.39 is 20.6 Å². The van der Waals surface area contributed by atoms with E-state index in [9.17, 15) is 18.3 Å². The van der Waals surface area contributed by atoms with Crippen LogP contribution in [-0.4, -0.2) is 43.1 Å². The molecule has 20 heavy (non-hydrogen) atoms. The van der Waals surface area contributed by atoms with Crippen molar-refractivity contribution in [1.82, 2.24) is 5.32 Å². The van der Waals surface area contributed by atoms with Gasteiger partial charge in [-0.25, -0.2) is 8.42 Å². The maximum absolute atomic E-state index is 11.9. The predicted molar refractivity (Wildman–Crippen MR) is 79.5 cm³/mol. The number of carboxylic acids is 1. The van der Waals surface area contributed by atoms with E-state index in [4.69, 9.17) is 0 Å². The van der Waals surface area contributed by atoms with Crippen LogP contribution < -0.4 is 5.32 Å². The molecule has 1 aliphatic carbocycles. The zero-order valence-corrected chi connectivity index (χ0v) is 13.5. The van der Waals surface area contributed by atoms with Crippen LogP contribution in [0, 0.1) is 11.8 Å². The van der Waals surface area contributed by atoms with E-state index in [2.05, 4.69) is 5.32 Å². The molecule has 0 aromatic carbocycles. The SMILES string of the molecule is CC(C)(C)S(=O)(=O)CCNCC1CCCCC1C(=O)O. The summed E-state index contributed by atoms with van der Waals surface area (Å²) in [4.78, 5) is 11.2. The third-order valence-corrected chi connectivity index (χ3v) is 6.72. The molecule has 0 spiro atoms. The van der Waals surface area contributed by atoms with Crippen molar-refractivity contribution < 1.29 is 18.3 Å². The summed E-state index contributed by atoms with van der Waals surface area (Å²) in [6.07, 6.45) is 3.69. The number of carboxylic acid groups (broad SMARTS) is 1. The number of hydrogen-bond acceptors (Lipinski definition) is 4. The van der Waals surface area contributed by atoms with Crippen LogP contribution in [0.4, 0.5) is 0 Å². The first-order valence-electron chi connectivity index (χ1n) is 7.31. The molecule has 1 saturated carbocycles. The number of sulfone groups is 1. The minimum atomic E-state index is -3.11. The molecular weight excluding hydrogens is 278 g/mol. The summed E-state index contributed by atoms with van der Waals surface area (Å²) in [6, 6.07) is 0. The zero-order valence-electron chi connectivity index (χ0n) is 12.7. The summed E-state index contributed by atoms with van der Waals surface area (Å²) in [7, 11) is -3.11. The maximum atomic E-state index is 11.9. The highest BCUT2D eigenvalue weighted by molar-refractivity contribution is 7.92. The highest BCUT2D eigenvalue weighted by Crippen LogP contribution is 2.29. The Labute approximate surface area is 122 Å². The molecule has 0 amide bonds. The molecule has 2 atom stereocenters. The van der Waals surface area contributed by atoms with Crippen LogP contribution in [0.2, 0.25) is 0 Å². The van der Waals surface area contributed by atoms with Crippen molar-refractivity contribution in [2.75, 3.05) is 18.8 Å². The standard InChI is InChI=1S/C14H27NO4S/c1-14(2,3)20(18,19)9-8-15-10-11-6-4-5-7-12(11)13(16)17/h11-12,15H,4-10H2,1-3H3,(H,16,17). The molecule has 0 radical (unpaired) electrons. The van der Waals surface area contributed by atoms with Gasteiger partial charge in [0.15, 0.2) is 9.84 Å². The fraction of sp³-hybridized carbons (Fsp3) is 0.929. The fourth-order valence-electron chi connectivity index (χ4n) is 2.58. The highest BCUT2D eigenvalue weighted by atomic mass is 32.2. The van der Waals surface area contributed by atoms with Gasteiger partial charge in [0.05, 0.1) is 16.4 Å². The van der Waals surface area contributed by atoms with E-state index in [0.29, 0.717) is 13.1 Å². The summed E-state index contributed by atoms with van der Waals surface area (Å²) in [5, 5.41) is 12.3. The van der Waals surface area contributed by atoms with Gasteiger partial charge >= 0.3 is 5.97 Å². The van der Waals surface area contributed by atoms with Crippen molar-refractivity contribution in [2.24, 2.45) is 11.8 Å². The summed E-state index contributed by atoms with van der Waals surface area (Å²) < 4.78 is 23.2. The molecule has 0 aromatic heterocycles. The number of carbonyl (C=O) groups is 1. The lowest BCUT2D eigenvalue weighted by molar-refractivity contribution is -0.144. The number of rotatable bonds is 6. The molecule has 5 nitrogen and oxygen atoms in total. The minimum absolute atomic E-state index is 0.0982. The van der Waals surface area contributed by atoms with E-state index in [1.165, 1.54) is 0 Å². The average molecular weight is 305 g/mol. The molecule has 118 valence electrons. The minimum Gasteiger partial charge on any atom is -0.481 e. The van der Waals surface area contributed by atoms with Crippen molar-refractivity contribution in [3.63, 3.8) is 0 Å². The average Bonchev–Trinajstić information content (AvgIpc) is 2.33. The smallest absolute Gasteiger partial charge is 0.306 e. The Morgan fingerprint density at radius 3 is 2.40 bits per heavy atom. The van der Waals surface area contributed by atoms with Gasteiger partial charge in [-0.1, -0.05) is 12.8 Å². The number of nitrogens with one attached hydrogen (secondary N) is 1. The first-order valence-corrected chi connectivity index (χ1v) is 8.96. The molecule has 6 heteroatoms. The van der Waals surface area contributed by atoms with Gasteiger partial charge < -0.3 is 10.4 Å². The summed E-state index contributed by atoms with van der Waals surface area (Å²) in [5.74, 6) is -0.783. The number of aliphatic carboxylic acids is 1. The largest absolute Gasteiger partial charge is 0.481 e. The summed E-state index contributed by atoms with van der Waals surface area (Å²) in [6.45, 7) is 6.08. The summed E-state index contributed by atoms with van der Waals surface area (Å²) >= 11 is 0. The molecular formula is C14H27NO4S. The second kappa shape index (κ2) is 6.89. The molecule has 2 N–H and O–H groups in total. The lowest BCUT2D eigenvalue weighted by Crippen LogP contribution is -2.38. The van der Waals surface area contributed by atoms with Gasteiger partial charge in [-0.3, -0.25) is 4.79 Å². The Morgan fingerprint density at radius 1 is 1.25 bits per heavy atom. The molecule has 1 aliphatic rings. The lowest BCUT2D eigenvalue weighted by atomic mass is 9.79. The third-order valence-electron chi connectivity index (χ3n) is 4.11. The molecule has 0 aromatic rings. The quantitative estimate of drug-likeness (QED) is 0.730. The van der Waals surface area contributed by atoms with Crippen LogP contribution in [0.1, 0.15) is 46.5 Å². The lowest BCUT2D eigenvalue weighted by Gasteiger charge is -2.28. The van der Waals surface area contributed by atoms with E-state index >= 15 is 0 Å². The van der Waals surface area contributed by atoms with Crippen molar-refractivity contribution in [1.29, 1.82) is 0 Å². The zero-order chi connectivity index (χ0) is 15.4. The first-order chi connectivity index (χ1) is 9.15. The fourth-order valence-corrected chi connectivity index (χ4v) is 3.60. The highest BCUT2D eigenvalue weighted by Gasteiger charge is 2.31. The van der Waals surface area contributed by atoms with Gasteiger partial charge in [0, 0.05) is 6.54 Å². The molecule has 1 rings (SSSR count). The van der Waals surface area contributed by atoms with Crippen molar-refractivity contribution in [3.05, 3.63) is 0 Å². The predicted octanol–water partition coefficient (Wildman–Crippen LogP) is 1.68. The molecule has 2 unspecified atom stereocenters. The Kier molecular flexibility index (Phi) is 6.01. The third kappa shape index (κ3) is 4.74. The Bertz CT molecular complexity index is 425. The topological polar surface area (TPSA) is 83.5 Å². The van der Waals surface area contributed by atoms with Crippen LogP contribution >= 0.6 is 0 Å². The van der Waals surface area contributed by atoms with E-state index in [-0.39, 0.29) is 17.6 Å². The van der Waals surface area contributed by atoms with Crippen molar-refractivity contribution in [2.45, 2.75) is 51.2 Å². The Balaban J connectivity index is 2.39. The van der Waals surface area contributed by atoms with E-state index in [1.54, 1.807) is 20.8 Å². The Morgan fingerprint density at radius 2 is 1.85 bits per heavy atom. The van der Waals surface area contributed by atoms with Gasteiger partial charge in [0.25, 0.3) is 0 Å². The van der Waals surface area contributed by atoms with Crippen LogP contribution in [0.5, 0.6) is 0 Å². The van der Waals surface area contributed by atoms with Crippen molar-refractivity contribution >= 4 is 15.8 Å². The van der Waals surface area contributed by atoms with Gasteiger partial charge in [-0.15, -0.1) is 0 Å². The van der Waals surface area contributed by atoms with Gasteiger partial charge in [0.1, 0.15) is 0 Å². The first kappa shape index (κ1) is 17.4. The molecule has 0 bridgehead atoms. The molecule has 0 aliphatic heterocycles. The van der Waals surface area contributed by atoms with E-state index in [1.807, 2.05) is 0 Å². The normalized spacial score (nSPS) is 24.6. The number of hydrogen-bond donors (Lipinski definition) is 2. The van der Waals surface area contributed by atoms with E-state index in [0.717, 1.165) is 25.7 Å². The van der Waals surface area contributed by atoms with Gasteiger partial charge in [-0.05, 0) is 46.1 Å². The molecule has 0 heterocycles. The van der Waals surface area contributed by atoms with Crippen molar-refractivity contribution in [3.8, 4) is 0 Å². The van der Waals surface area contributed by atoms with Crippen LogP contribution in [0.3, 0.4) is 0 Å². The van der Waals surface area contributed by atoms with Crippen LogP contribution in [-0.2, 0) is 14.6 Å². The van der Waals surface area contributed by atoms with Crippen LogP contribution in [0.25, 0.3) is 0 Å².